The number of nitrogens with one attached hydrogen (secondary N) is 1. The lowest BCUT2D eigenvalue weighted by Crippen LogP contribution is -2.30. The van der Waals surface area contributed by atoms with Gasteiger partial charge in [0.15, 0.2) is 0 Å². The van der Waals surface area contributed by atoms with Crippen LogP contribution in [0.4, 0.5) is 0 Å². The van der Waals surface area contributed by atoms with Gasteiger partial charge in [0.1, 0.15) is 5.65 Å². The van der Waals surface area contributed by atoms with E-state index in [1.807, 2.05) is 29.3 Å². The smallest absolute Gasteiger partial charge is 0.137 e. The Hall–Kier alpha value is -3.39. The molecule has 1 fully saturated rings. The highest BCUT2D eigenvalue weighted by molar-refractivity contribution is 7.97. The average Bonchev–Trinajstić information content (AvgIpc) is 3.52. The van der Waals surface area contributed by atoms with Gasteiger partial charge in [-0.15, -0.1) is 0 Å². The Morgan fingerprint density at radius 1 is 0.912 bits per heavy atom. The maximum Gasteiger partial charge on any atom is 0.137 e. The summed E-state index contributed by atoms with van der Waals surface area (Å²) in [6.07, 6.45) is 7.98. The molecule has 1 aliphatic rings. The zero-order chi connectivity index (χ0) is 22.7. The summed E-state index contributed by atoms with van der Waals surface area (Å²) in [5.41, 5.74) is 6.58. The fraction of sp³-hybridized carbons (Fsp3) is 0.185. The molecule has 0 amide bonds. The van der Waals surface area contributed by atoms with Crippen molar-refractivity contribution in [2.75, 3.05) is 26.3 Å². The number of rotatable bonds is 6. The lowest BCUT2D eigenvalue weighted by molar-refractivity contribution is 0.0773. The maximum atomic E-state index is 5.44. The predicted octanol–water partition coefficient (Wildman–Crippen LogP) is 5.48. The van der Waals surface area contributed by atoms with Gasteiger partial charge in [-0.25, -0.2) is 9.29 Å². The average molecular weight is 468 g/mol. The molecule has 2 aromatic carbocycles. The van der Waals surface area contributed by atoms with Crippen LogP contribution in [0.2, 0.25) is 0 Å². The van der Waals surface area contributed by atoms with Crippen molar-refractivity contribution in [1.82, 2.24) is 24.1 Å². The largest absolute Gasteiger partial charge is 0.379 e. The minimum Gasteiger partial charge on any atom is -0.379 e. The van der Waals surface area contributed by atoms with E-state index in [9.17, 15) is 0 Å². The minimum atomic E-state index is 0.751. The first-order valence-electron chi connectivity index (χ1n) is 11.5. The molecule has 1 N–H and O–H groups in total. The van der Waals surface area contributed by atoms with Crippen LogP contribution in [0.3, 0.4) is 0 Å². The van der Waals surface area contributed by atoms with Crippen LogP contribution in [-0.4, -0.2) is 50.4 Å². The molecule has 0 atom stereocenters. The lowest BCUT2D eigenvalue weighted by atomic mass is 10.0. The van der Waals surface area contributed by atoms with Gasteiger partial charge < -0.3 is 9.72 Å². The topological polar surface area (TPSA) is 59.0 Å². The summed E-state index contributed by atoms with van der Waals surface area (Å²) in [5.74, 6) is 0. The molecule has 3 aromatic heterocycles. The third-order valence-electron chi connectivity index (χ3n) is 6.05. The normalized spacial score (nSPS) is 14.6. The van der Waals surface area contributed by atoms with Gasteiger partial charge in [0.25, 0.3) is 0 Å². The highest BCUT2D eigenvalue weighted by Crippen LogP contribution is 2.32. The van der Waals surface area contributed by atoms with Gasteiger partial charge in [-0.05, 0) is 41.3 Å². The maximum absolute atomic E-state index is 5.44. The summed E-state index contributed by atoms with van der Waals surface area (Å²) in [7, 11) is 0. The first-order valence-corrected chi connectivity index (χ1v) is 12.2. The first kappa shape index (κ1) is 21.2. The van der Waals surface area contributed by atoms with Crippen molar-refractivity contribution in [3.8, 4) is 22.3 Å². The van der Waals surface area contributed by atoms with Crippen LogP contribution in [0, 0.1) is 0 Å². The molecule has 4 heterocycles. The van der Waals surface area contributed by atoms with E-state index in [1.54, 1.807) is 11.9 Å². The number of nitrogens with zero attached hydrogens (tertiary/aromatic N) is 4. The van der Waals surface area contributed by atoms with Gasteiger partial charge in [-0.3, -0.25) is 4.68 Å². The fourth-order valence-electron chi connectivity index (χ4n) is 4.25. The van der Waals surface area contributed by atoms with Crippen LogP contribution in [0.1, 0.15) is 5.56 Å². The monoisotopic (exact) mass is 467 g/mol. The molecule has 0 unspecified atom stereocenters. The number of hydrogen-bond donors (Lipinski definition) is 1. The van der Waals surface area contributed by atoms with E-state index in [0.29, 0.717) is 0 Å². The predicted molar refractivity (Wildman–Crippen MR) is 137 cm³/mol. The van der Waals surface area contributed by atoms with Crippen LogP contribution in [0.15, 0.2) is 90.3 Å². The van der Waals surface area contributed by atoms with E-state index in [1.165, 1.54) is 10.5 Å². The molecule has 0 radical (unpaired) electrons. The van der Waals surface area contributed by atoms with Crippen molar-refractivity contribution < 1.29 is 4.74 Å². The van der Waals surface area contributed by atoms with Crippen molar-refractivity contribution in [3.05, 3.63) is 91.0 Å². The summed E-state index contributed by atoms with van der Waals surface area (Å²) in [6.45, 7) is 4.29. The summed E-state index contributed by atoms with van der Waals surface area (Å²) < 4.78 is 9.78. The molecule has 5 aromatic rings. The van der Waals surface area contributed by atoms with Gasteiger partial charge in [-0.1, -0.05) is 42.5 Å². The Labute approximate surface area is 202 Å². The molecular weight excluding hydrogens is 442 g/mol. The third kappa shape index (κ3) is 4.50. The van der Waals surface area contributed by atoms with Gasteiger partial charge in [0.05, 0.1) is 26.0 Å². The van der Waals surface area contributed by atoms with E-state index < -0.39 is 0 Å². The molecule has 1 aliphatic heterocycles. The minimum absolute atomic E-state index is 0.751. The molecule has 6 rings (SSSR count). The van der Waals surface area contributed by atoms with E-state index in [0.717, 1.165) is 66.1 Å². The molecule has 0 saturated carbocycles. The summed E-state index contributed by atoms with van der Waals surface area (Å²) >= 11 is 1.80. The molecule has 34 heavy (non-hydrogen) atoms. The Kier molecular flexibility index (Phi) is 5.89. The van der Waals surface area contributed by atoms with E-state index in [-0.39, 0.29) is 0 Å². The number of fused-ring (bicyclic) bond motifs is 1. The second-order valence-electron chi connectivity index (χ2n) is 8.39. The second-order valence-corrected chi connectivity index (χ2v) is 9.56. The number of morpholine rings is 1. The van der Waals surface area contributed by atoms with Crippen molar-refractivity contribution in [2.45, 2.75) is 11.4 Å². The van der Waals surface area contributed by atoms with Crippen LogP contribution in [-0.2, 0) is 11.3 Å². The molecule has 0 spiro atoms. The van der Waals surface area contributed by atoms with Gasteiger partial charge in [0, 0.05) is 58.7 Å². The Balaban J connectivity index is 1.24. The van der Waals surface area contributed by atoms with Crippen LogP contribution in [0.5, 0.6) is 0 Å². The highest BCUT2D eigenvalue weighted by atomic mass is 32.2. The standard InChI is InChI=1S/C27H25N5OS/c1-2-4-20(5-3-1)18-31-19-23(16-30-31)26-17-29-27-25(26)14-22(15-28-27)21-6-8-24(9-7-21)34-32-10-12-33-13-11-32/h1-9,14-17,19H,10-13,18H2,(H,28,29). The van der Waals surface area contributed by atoms with Crippen molar-refractivity contribution in [3.63, 3.8) is 0 Å². The quantitative estimate of drug-likeness (QED) is 0.335. The number of H-pyrrole nitrogens is 1. The SMILES string of the molecule is c1ccc(Cn2cc(-c3c[nH]c4ncc(-c5ccc(SN6CCOCC6)cc5)cc34)cn2)cc1. The summed E-state index contributed by atoms with van der Waals surface area (Å²) in [4.78, 5) is 9.24. The van der Waals surface area contributed by atoms with Crippen molar-refractivity contribution >= 4 is 23.0 Å². The molecular formula is C27H25N5OS. The van der Waals surface area contributed by atoms with Crippen molar-refractivity contribution in [1.29, 1.82) is 0 Å². The fourth-order valence-corrected chi connectivity index (χ4v) is 5.14. The Morgan fingerprint density at radius 3 is 2.56 bits per heavy atom. The molecule has 0 bridgehead atoms. The van der Waals surface area contributed by atoms with Crippen LogP contribution < -0.4 is 0 Å². The highest BCUT2D eigenvalue weighted by Gasteiger charge is 2.13. The Morgan fingerprint density at radius 2 is 1.74 bits per heavy atom. The van der Waals surface area contributed by atoms with E-state index >= 15 is 0 Å². The van der Waals surface area contributed by atoms with Crippen LogP contribution >= 0.6 is 11.9 Å². The molecule has 7 heteroatoms. The Bertz CT molecular complexity index is 1390. The van der Waals surface area contributed by atoms with E-state index in [4.69, 9.17) is 4.74 Å². The molecule has 0 aliphatic carbocycles. The number of ether oxygens (including phenoxy) is 1. The lowest BCUT2D eigenvalue weighted by Gasteiger charge is -2.25. The number of pyridine rings is 1. The molecule has 1 saturated heterocycles. The number of benzene rings is 2. The second kappa shape index (κ2) is 9.46. The van der Waals surface area contributed by atoms with Gasteiger partial charge in [0.2, 0.25) is 0 Å². The van der Waals surface area contributed by atoms with Crippen molar-refractivity contribution in [2.24, 2.45) is 0 Å². The van der Waals surface area contributed by atoms with Gasteiger partial charge >= 0.3 is 0 Å². The van der Waals surface area contributed by atoms with Crippen LogP contribution in [0.25, 0.3) is 33.3 Å². The third-order valence-corrected chi connectivity index (χ3v) is 7.16. The number of hydrogen-bond acceptors (Lipinski definition) is 5. The zero-order valence-electron chi connectivity index (χ0n) is 18.7. The number of aromatic amines is 1. The summed E-state index contributed by atoms with van der Waals surface area (Å²) in [5, 5.41) is 5.68. The summed E-state index contributed by atoms with van der Waals surface area (Å²) in [6, 6.07) is 21.3. The number of aromatic nitrogens is 4. The zero-order valence-corrected chi connectivity index (χ0v) is 19.5. The van der Waals surface area contributed by atoms with Gasteiger partial charge in [-0.2, -0.15) is 5.10 Å². The molecule has 6 nitrogen and oxygen atoms in total. The first-order chi connectivity index (χ1) is 16.8. The molecule has 170 valence electrons. The van der Waals surface area contributed by atoms with E-state index in [2.05, 4.69) is 80.2 Å².